The van der Waals surface area contributed by atoms with Crippen LogP contribution in [0.2, 0.25) is 0 Å². The molecule has 41 heavy (non-hydrogen) atoms. The summed E-state index contributed by atoms with van der Waals surface area (Å²) in [7, 11) is 0. The summed E-state index contributed by atoms with van der Waals surface area (Å²) in [4.78, 5) is 0. The molecule has 0 bridgehead atoms. The number of fused-ring (bicyclic) bond motifs is 1. The van der Waals surface area contributed by atoms with Crippen LogP contribution in [0, 0.1) is 29.6 Å². The zero-order chi connectivity index (χ0) is 28.9. The van der Waals surface area contributed by atoms with Gasteiger partial charge in [-0.1, -0.05) is 56.7 Å². The third-order valence-electron chi connectivity index (χ3n) is 8.06. The van der Waals surface area contributed by atoms with Crippen molar-refractivity contribution in [2.24, 2.45) is 0 Å². The van der Waals surface area contributed by atoms with Crippen molar-refractivity contribution in [2.75, 3.05) is 5.32 Å². The molecule has 0 spiro atoms. The fourth-order valence-electron chi connectivity index (χ4n) is 5.96. The number of benzene rings is 4. The van der Waals surface area contributed by atoms with E-state index in [0.29, 0.717) is 29.0 Å². The van der Waals surface area contributed by atoms with E-state index in [2.05, 4.69) is 67.7 Å². The molecule has 0 saturated carbocycles. The molecule has 0 heterocycles. The molecule has 0 fully saturated rings. The second kappa shape index (κ2) is 12.2. The molecule has 0 unspecified atom stereocenters. The average molecular weight is 542 g/mol. The third-order valence-corrected chi connectivity index (χ3v) is 8.06. The summed E-state index contributed by atoms with van der Waals surface area (Å²) in [5, 5.41) is 33.2. The monoisotopic (exact) mass is 541 g/mol. The van der Waals surface area contributed by atoms with E-state index < -0.39 is 0 Å². The van der Waals surface area contributed by atoms with Gasteiger partial charge in [-0.2, -0.15) is 10.5 Å². The Bertz CT molecular complexity index is 1640. The number of hydrogen-bond acceptors (Lipinski definition) is 5. The lowest BCUT2D eigenvalue weighted by Gasteiger charge is -2.20. The molecular formula is C36H35N3O2. The summed E-state index contributed by atoms with van der Waals surface area (Å²) < 4.78 is 6.19. The molecule has 1 aliphatic rings. The van der Waals surface area contributed by atoms with Gasteiger partial charge in [-0.3, -0.25) is 0 Å². The average Bonchev–Trinajstić information content (AvgIpc) is 3.41. The standard InChI is InChI=1S/C36H35N3O2/c1-4-8-28-9-6-10-29(23(28)3)30-11-7-12-32-31(30)13-14-33(32)39-34-19-36(27(5-2)18-35(34)40)41-22-26-16-24(20-37)15-25(17-26)21-38/h6-7,9-12,15-19,33,39-40H,4-5,8,13-14,22H2,1-3H3/t33-/m0/s1. The SMILES string of the molecule is CCCc1cccc(-c2cccc3c2CC[C@@H]3Nc2cc(OCc3cc(C#N)cc(C#N)c3)c(CC)cc2O)c1C. The molecule has 0 saturated heterocycles. The Kier molecular flexibility index (Phi) is 8.27. The number of nitrogens with one attached hydrogen (secondary N) is 1. The van der Waals surface area contributed by atoms with E-state index in [1.165, 1.54) is 33.4 Å². The molecule has 2 N–H and O–H groups in total. The van der Waals surface area contributed by atoms with Crippen LogP contribution in [0.1, 0.15) is 77.2 Å². The van der Waals surface area contributed by atoms with Gasteiger partial charge in [0.15, 0.2) is 0 Å². The smallest absolute Gasteiger partial charge is 0.139 e. The molecular weight excluding hydrogens is 506 g/mol. The molecule has 4 aromatic carbocycles. The number of anilines is 1. The quantitative estimate of drug-likeness (QED) is 0.208. The van der Waals surface area contributed by atoms with Gasteiger partial charge in [-0.15, -0.1) is 0 Å². The highest BCUT2D eigenvalue weighted by Gasteiger charge is 2.26. The van der Waals surface area contributed by atoms with Crippen LogP contribution in [0.25, 0.3) is 11.1 Å². The van der Waals surface area contributed by atoms with Crippen LogP contribution in [0.3, 0.4) is 0 Å². The van der Waals surface area contributed by atoms with Crippen LogP contribution < -0.4 is 10.1 Å². The minimum Gasteiger partial charge on any atom is -0.506 e. The maximum absolute atomic E-state index is 10.9. The second-order valence-corrected chi connectivity index (χ2v) is 10.7. The number of phenolic OH excluding ortho intramolecular Hbond substituents is 1. The number of rotatable bonds is 9. The summed E-state index contributed by atoms with van der Waals surface area (Å²) in [5.74, 6) is 0.865. The molecule has 5 rings (SSSR count). The van der Waals surface area contributed by atoms with Crippen LogP contribution in [0.15, 0.2) is 66.7 Å². The Morgan fingerprint density at radius 3 is 2.37 bits per heavy atom. The van der Waals surface area contributed by atoms with Crippen LogP contribution in [0.5, 0.6) is 11.5 Å². The maximum atomic E-state index is 10.9. The minimum atomic E-state index is 0.0702. The Morgan fingerprint density at radius 1 is 0.927 bits per heavy atom. The van der Waals surface area contributed by atoms with Crippen molar-refractivity contribution in [1.82, 2.24) is 0 Å². The first-order valence-corrected chi connectivity index (χ1v) is 14.4. The Morgan fingerprint density at radius 2 is 1.66 bits per heavy atom. The zero-order valence-corrected chi connectivity index (χ0v) is 23.9. The van der Waals surface area contributed by atoms with E-state index in [0.717, 1.165) is 36.8 Å². The molecule has 5 heteroatoms. The highest BCUT2D eigenvalue weighted by molar-refractivity contribution is 5.74. The Balaban J connectivity index is 1.41. The fraction of sp³-hybridized carbons (Fsp3) is 0.278. The van der Waals surface area contributed by atoms with E-state index in [9.17, 15) is 15.6 Å². The van der Waals surface area contributed by atoms with Gasteiger partial charge in [-0.05, 0) is 101 Å². The minimum absolute atomic E-state index is 0.0702. The van der Waals surface area contributed by atoms with Gasteiger partial charge in [0.25, 0.3) is 0 Å². The van der Waals surface area contributed by atoms with E-state index >= 15 is 0 Å². The van der Waals surface area contributed by atoms with Crippen LogP contribution in [-0.2, 0) is 25.9 Å². The molecule has 0 aliphatic heterocycles. The van der Waals surface area contributed by atoms with Crippen molar-refractivity contribution in [2.45, 2.75) is 65.5 Å². The van der Waals surface area contributed by atoms with E-state index in [1.807, 2.05) is 13.0 Å². The van der Waals surface area contributed by atoms with Crippen molar-refractivity contribution in [3.05, 3.63) is 111 Å². The molecule has 5 nitrogen and oxygen atoms in total. The van der Waals surface area contributed by atoms with Gasteiger partial charge >= 0.3 is 0 Å². The Labute approximate surface area is 242 Å². The van der Waals surface area contributed by atoms with Crippen LogP contribution in [0.4, 0.5) is 5.69 Å². The molecule has 0 radical (unpaired) electrons. The molecule has 1 aliphatic carbocycles. The highest BCUT2D eigenvalue weighted by Crippen LogP contribution is 2.43. The lowest BCUT2D eigenvalue weighted by Crippen LogP contribution is -2.08. The van der Waals surface area contributed by atoms with E-state index in [4.69, 9.17) is 4.74 Å². The number of aromatic hydroxyl groups is 1. The number of aryl methyl sites for hydroxylation is 2. The normalized spacial score (nSPS) is 13.7. The van der Waals surface area contributed by atoms with Gasteiger partial charge < -0.3 is 15.2 Å². The summed E-state index contributed by atoms with van der Waals surface area (Å²) in [6.45, 7) is 6.69. The van der Waals surface area contributed by atoms with Crippen molar-refractivity contribution in [3.63, 3.8) is 0 Å². The predicted molar refractivity (Wildman–Crippen MR) is 163 cm³/mol. The first-order chi connectivity index (χ1) is 19.9. The van der Waals surface area contributed by atoms with Crippen molar-refractivity contribution >= 4 is 5.69 Å². The number of hydrogen-bond donors (Lipinski definition) is 2. The molecule has 0 amide bonds. The fourth-order valence-corrected chi connectivity index (χ4v) is 5.96. The summed E-state index contributed by atoms with van der Waals surface area (Å²) in [6.07, 6.45) is 4.80. The van der Waals surface area contributed by atoms with Gasteiger partial charge in [-0.25, -0.2) is 0 Å². The van der Waals surface area contributed by atoms with Gasteiger partial charge in [0.2, 0.25) is 0 Å². The lowest BCUT2D eigenvalue weighted by atomic mass is 9.90. The molecule has 0 aromatic heterocycles. The van der Waals surface area contributed by atoms with E-state index in [1.54, 1.807) is 24.3 Å². The second-order valence-electron chi connectivity index (χ2n) is 10.7. The lowest BCUT2D eigenvalue weighted by molar-refractivity contribution is 0.302. The summed E-state index contributed by atoms with van der Waals surface area (Å²) >= 11 is 0. The summed E-state index contributed by atoms with van der Waals surface area (Å²) in [6, 6.07) is 26.2. The van der Waals surface area contributed by atoms with Crippen molar-refractivity contribution in [1.29, 1.82) is 10.5 Å². The van der Waals surface area contributed by atoms with Gasteiger partial charge in [0.05, 0.1) is 35.0 Å². The molecule has 4 aromatic rings. The number of phenols is 1. The number of nitrogens with zero attached hydrogens (tertiary/aromatic N) is 2. The van der Waals surface area contributed by atoms with Crippen molar-refractivity contribution in [3.8, 4) is 34.8 Å². The zero-order valence-electron chi connectivity index (χ0n) is 23.9. The Hall–Kier alpha value is -4.74. The topological polar surface area (TPSA) is 89.1 Å². The largest absolute Gasteiger partial charge is 0.506 e. The van der Waals surface area contributed by atoms with E-state index in [-0.39, 0.29) is 18.4 Å². The maximum Gasteiger partial charge on any atom is 0.139 e. The van der Waals surface area contributed by atoms with Crippen LogP contribution >= 0.6 is 0 Å². The molecule has 206 valence electrons. The number of nitriles is 2. The first kappa shape index (κ1) is 27.8. The third kappa shape index (κ3) is 5.76. The van der Waals surface area contributed by atoms with Crippen molar-refractivity contribution < 1.29 is 9.84 Å². The van der Waals surface area contributed by atoms with Gasteiger partial charge in [0.1, 0.15) is 18.1 Å². The molecule has 1 atom stereocenters. The highest BCUT2D eigenvalue weighted by atomic mass is 16.5. The predicted octanol–water partition coefficient (Wildman–Crippen LogP) is 8.30. The number of ether oxygens (including phenoxy) is 1. The van der Waals surface area contributed by atoms with Gasteiger partial charge in [0, 0.05) is 6.07 Å². The summed E-state index contributed by atoms with van der Waals surface area (Å²) in [5.41, 5.74) is 11.1. The first-order valence-electron chi connectivity index (χ1n) is 14.4. The van der Waals surface area contributed by atoms with Crippen LogP contribution in [-0.4, -0.2) is 5.11 Å².